The number of likely N-dealkylation sites (tertiary alicyclic amines) is 1. The van der Waals surface area contributed by atoms with Gasteiger partial charge in [0.1, 0.15) is 17.9 Å². The molecule has 1 saturated carbocycles. The lowest BCUT2D eigenvalue weighted by Crippen LogP contribution is -2.45. The fraction of sp³-hybridized carbons (Fsp3) is 0.750. The Labute approximate surface area is 105 Å². The summed E-state index contributed by atoms with van der Waals surface area (Å²) in [6, 6.07) is -1.27. The number of carboxylic acids is 1. The maximum Gasteiger partial charge on any atom is 0.411 e. The molecule has 1 aliphatic heterocycles. The van der Waals surface area contributed by atoms with Crippen LogP contribution in [-0.4, -0.2) is 46.0 Å². The third-order valence-electron chi connectivity index (χ3n) is 3.45. The second-order valence-electron chi connectivity index (χ2n) is 6.02. The lowest BCUT2D eigenvalue weighted by Gasteiger charge is -2.28. The summed E-state index contributed by atoms with van der Waals surface area (Å²) in [6.07, 6.45) is 0.855. The fourth-order valence-electron chi connectivity index (χ4n) is 2.52. The molecule has 0 aromatic heterocycles. The molecule has 3 atom stereocenters. The Kier molecular flexibility index (Phi) is 2.64. The molecule has 100 valence electrons. The third-order valence-corrected chi connectivity index (χ3v) is 3.45. The Morgan fingerprint density at radius 1 is 1.39 bits per heavy atom. The lowest BCUT2D eigenvalue weighted by molar-refractivity contribution is -0.142. The van der Waals surface area contributed by atoms with Gasteiger partial charge in [-0.25, -0.2) is 9.59 Å². The Balaban J connectivity index is 2.17. The van der Waals surface area contributed by atoms with Crippen molar-refractivity contribution in [3.63, 3.8) is 0 Å². The number of carboxylic acid groups (broad SMARTS) is 1. The molecule has 0 radical (unpaired) electrons. The van der Waals surface area contributed by atoms with Crippen molar-refractivity contribution in [1.29, 1.82) is 0 Å². The van der Waals surface area contributed by atoms with Crippen molar-refractivity contribution in [2.75, 3.05) is 0 Å². The number of hydrogen-bond acceptors (Lipinski definition) is 4. The van der Waals surface area contributed by atoms with Gasteiger partial charge in [0.2, 0.25) is 0 Å². The topological polar surface area (TPSA) is 83.9 Å². The second kappa shape index (κ2) is 3.70. The molecule has 1 N–H and O–H groups in total. The van der Waals surface area contributed by atoms with E-state index in [0.717, 1.165) is 6.29 Å². The Hall–Kier alpha value is -1.59. The van der Waals surface area contributed by atoms with E-state index in [4.69, 9.17) is 9.84 Å². The number of ether oxygens (including phenoxy) is 1. The molecular formula is C12H17NO5. The van der Waals surface area contributed by atoms with Crippen LogP contribution in [0, 0.1) is 5.41 Å². The Morgan fingerprint density at radius 2 is 2.00 bits per heavy atom. The molecule has 2 aliphatic rings. The molecule has 0 aromatic rings. The van der Waals surface area contributed by atoms with Gasteiger partial charge in [-0.2, -0.15) is 0 Å². The van der Waals surface area contributed by atoms with Gasteiger partial charge in [-0.15, -0.1) is 0 Å². The van der Waals surface area contributed by atoms with E-state index in [0.29, 0.717) is 6.42 Å². The monoisotopic (exact) mass is 255 g/mol. The highest BCUT2D eigenvalue weighted by Crippen LogP contribution is 2.58. The first kappa shape index (κ1) is 12.9. The molecular weight excluding hydrogens is 238 g/mol. The summed E-state index contributed by atoms with van der Waals surface area (Å²) >= 11 is 0. The van der Waals surface area contributed by atoms with Crippen molar-refractivity contribution in [2.24, 2.45) is 5.41 Å². The van der Waals surface area contributed by atoms with Gasteiger partial charge < -0.3 is 14.6 Å². The third kappa shape index (κ3) is 1.95. The molecule has 0 spiro atoms. The van der Waals surface area contributed by atoms with Crippen molar-refractivity contribution >= 4 is 18.3 Å². The van der Waals surface area contributed by atoms with Gasteiger partial charge in [-0.05, 0) is 33.6 Å². The normalized spacial score (nSPS) is 33.8. The van der Waals surface area contributed by atoms with Crippen molar-refractivity contribution in [2.45, 2.75) is 51.3 Å². The zero-order chi connectivity index (χ0) is 13.7. The molecule has 2 fully saturated rings. The molecule has 0 bridgehead atoms. The zero-order valence-corrected chi connectivity index (χ0v) is 10.7. The van der Waals surface area contributed by atoms with Gasteiger partial charge in [0.15, 0.2) is 0 Å². The van der Waals surface area contributed by atoms with Crippen LogP contribution >= 0.6 is 0 Å². The number of aldehydes is 1. The van der Waals surface area contributed by atoms with Crippen LogP contribution in [0.2, 0.25) is 0 Å². The summed E-state index contributed by atoms with van der Waals surface area (Å²) in [5.41, 5.74) is -1.33. The highest BCUT2D eigenvalue weighted by molar-refractivity contribution is 5.85. The molecule has 2 rings (SSSR count). The van der Waals surface area contributed by atoms with Crippen molar-refractivity contribution in [3.8, 4) is 0 Å². The number of amides is 1. The maximum absolute atomic E-state index is 12.0. The van der Waals surface area contributed by atoms with Gasteiger partial charge in [-0.3, -0.25) is 4.90 Å². The minimum atomic E-state index is -1.09. The first-order valence-corrected chi connectivity index (χ1v) is 5.91. The number of piperidine rings is 1. The van der Waals surface area contributed by atoms with E-state index in [2.05, 4.69) is 0 Å². The van der Waals surface area contributed by atoms with Crippen molar-refractivity contribution in [3.05, 3.63) is 0 Å². The van der Waals surface area contributed by atoms with Gasteiger partial charge >= 0.3 is 12.1 Å². The summed E-state index contributed by atoms with van der Waals surface area (Å²) in [5, 5.41) is 9.11. The number of fused-ring (bicyclic) bond motifs is 1. The lowest BCUT2D eigenvalue weighted by atomic mass is 10.0. The summed E-state index contributed by atoms with van der Waals surface area (Å²) in [5.74, 6) is -1.09. The van der Waals surface area contributed by atoms with Crippen LogP contribution in [0.25, 0.3) is 0 Å². The number of nitrogens with zero attached hydrogens (tertiary/aromatic N) is 1. The summed E-state index contributed by atoms with van der Waals surface area (Å²) in [6.45, 7) is 5.16. The van der Waals surface area contributed by atoms with Crippen LogP contribution in [0.1, 0.15) is 33.6 Å². The standard InChI is InChI=1S/C12H17NO5/c1-11(2,3)18-10(17)13-7(9(15)16)4-12(6-14)5-8(12)13/h6-8H,4-5H2,1-3H3,(H,15,16). The second-order valence-corrected chi connectivity index (χ2v) is 6.02. The number of hydrogen-bond donors (Lipinski definition) is 1. The van der Waals surface area contributed by atoms with E-state index >= 15 is 0 Å². The van der Waals surface area contributed by atoms with E-state index in [-0.39, 0.29) is 12.5 Å². The van der Waals surface area contributed by atoms with Crippen LogP contribution in [0.4, 0.5) is 4.79 Å². The minimum Gasteiger partial charge on any atom is -0.480 e. The molecule has 0 aromatic carbocycles. The molecule has 6 heteroatoms. The van der Waals surface area contributed by atoms with Gasteiger partial charge in [0.25, 0.3) is 0 Å². The number of aliphatic carboxylic acids is 1. The van der Waals surface area contributed by atoms with Gasteiger partial charge in [-0.1, -0.05) is 0 Å². The van der Waals surface area contributed by atoms with Crippen LogP contribution in [-0.2, 0) is 14.3 Å². The first-order chi connectivity index (χ1) is 8.20. The highest BCUT2D eigenvalue weighted by Gasteiger charge is 2.68. The Bertz CT molecular complexity index is 413. The summed E-state index contributed by atoms with van der Waals surface area (Å²) in [7, 11) is 0. The van der Waals surface area contributed by atoms with E-state index < -0.39 is 29.1 Å². The first-order valence-electron chi connectivity index (χ1n) is 5.91. The molecule has 1 heterocycles. The maximum atomic E-state index is 12.0. The quantitative estimate of drug-likeness (QED) is 0.745. The molecule has 1 saturated heterocycles. The smallest absolute Gasteiger partial charge is 0.411 e. The van der Waals surface area contributed by atoms with Crippen LogP contribution < -0.4 is 0 Å². The summed E-state index contributed by atoms with van der Waals surface area (Å²) in [4.78, 5) is 35.4. The minimum absolute atomic E-state index is 0.190. The predicted molar refractivity (Wildman–Crippen MR) is 61.0 cm³/mol. The van der Waals surface area contributed by atoms with E-state index in [1.54, 1.807) is 20.8 Å². The molecule has 6 nitrogen and oxygen atoms in total. The van der Waals surface area contributed by atoms with E-state index in [9.17, 15) is 14.4 Å². The average Bonchev–Trinajstić information content (AvgIpc) is 2.82. The number of rotatable bonds is 2. The molecule has 18 heavy (non-hydrogen) atoms. The van der Waals surface area contributed by atoms with E-state index in [1.165, 1.54) is 4.90 Å². The molecule has 1 aliphatic carbocycles. The van der Waals surface area contributed by atoms with Crippen LogP contribution in [0.15, 0.2) is 0 Å². The number of carbonyl (C=O) groups excluding carboxylic acids is 2. The largest absolute Gasteiger partial charge is 0.480 e. The van der Waals surface area contributed by atoms with Gasteiger partial charge in [0.05, 0.1) is 5.41 Å². The fourth-order valence-corrected chi connectivity index (χ4v) is 2.52. The van der Waals surface area contributed by atoms with Crippen molar-refractivity contribution in [1.82, 2.24) is 4.90 Å². The highest BCUT2D eigenvalue weighted by atomic mass is 16.6. The summed E-state index contributed by atoms with van der Waals surface area (Å²) < 4.78 is 5.20. The molecule has 1 amide bonds. The number of carbonyl (C=O) groups is 3. The average molecular weight is 255 g/mol. The Morgan fingerprint density at radius 3 is 2.44 bits per heavy atom. The van der Waals surface area contributed by atoms with Crippen LogP contribution in [0.3, 0.4) is 0 Å². The van der Waals surface area contributed by atoms with Crippen molar-refractivity contribution < 1.29 is 24.2 Å². The zero-order valence-electron chi connectivity index (χ0n) is 10.7. The SMILES string of the molecule is CC(C)(C)OC(=O)N1C(C(=O)O)CC2(C=O)CC12. The van der Waals surface area contributed by atoms with Crippen LogP contribution in [0.5, 0.6) is 0 Å². The molecule has 3 unspecified atom stereocenters. The predicted octanol–water partition coefficient (Wildman–Crippen LogP) is 1.04. The van der Waals surface area contributed by atoms with Gasteiger partial charge in [0, 0.05) is 6.04 Å². The van der Waals surface area contributed by atoms with E-state index in [1.807, 2.05) is 0 Å².